The summed E-state index contributed by atoms with van der Waals surface area (Å²) in [5, 5.41) is 16.1. The minimum Gasteiger partial charge on any atom is -0.395 e. The summed E-state index contributed by atoms with van der Waals surface area (Å²) < 4.78 is 1.13. The number of amides is 1. The molecule has 6 heteroatoms. The third-order valence-corrected chi connectivity index (χ3v) is 4.35. The van der Waals surface area contributed by atoms with Gasteiger partial charge >= 0.3 is 0 Å². The highest BCUT2D eigenvalue weighted by atomic mass is 127. The second-order valence-corrected chi connectivity index (χ2v) is 6.65. The molecule has 21 heavy (non-hydrogen) atoms. The van der Waals surface area contributed by atoms with Gasteiger partial charge in [-0.3, -0.25) is 9.69 Å². The summed E-state index contributed by atoms with van der Waals surface area (Å²) >= 11 is 3.86. The Morgan fingerprint density at radius 2 is 2.05 bits per heavy atom. The summed E-state index contributed by atoms with van der Waals surface area (Å²) in [6.07, 6.45) is 0. The van der Waals surface area contributed by atoms with E-state index in [1.165, 1.54) is 0 Å². The van der Waals surface area contributed by atoms with E-state index >= 15 is 0 Å². The number of thiophene rings is 1. The predicted octanol–water partition coefficient (Wildman–Crippen LogP) is 2.79. The molecule has 0 bridgehead atoms. The normalized spacial score (nSPS) is 10.8. The van der Waals surface area contributed by atoms with Gasteiger partial charge in [0, 0.05) is 22.3 Å². The van der Waals surface area contributed by atoms with Crippen molar-refractivity contribution in [2.24, 2.45) is 0 Å². The molecule has 0 unspecified atom stereocenters. The number of aliphatic hydroxyl groups excluding tert-OH is 1. The zero-order chi connectivity index (χ0) is 15.1. The van der Waals surface area contributed by atoms with Crippen LogP contribution in [0, 0.1) is 3.57 Å². The van der Waals surface area contributed by atoms with Crippen molar-refractivity contribution in [3.8, 4) is 0 Å². The van der Waals surface area contributed by atoms with Crippen LogP contribution in [0.1, 0.15) is 5.56 Å². The molecule has 0 spiro atoms. The first kappa shape index (κ1) is 16.4. The number of rotatable bonds is 7. The Labute approximate surface area is 141 Å². The molecule has 0 atom stereocenters. The molecule has 2 N–H and O–H groups in total. The van der Waals surface area contributed by atoms with Crippen LogP contribution in [0.4, 0.5) is 5.69 Å². The fourth-order valence-corrected chi connectivity index (χ4v) is 2.95. The van der Waals surface area contributed by atoms with Crippen LogP contribution in [0.25, 0.3) is 0 Å². The molecule has 0 aliphatic carbocycles. The lowest BCUT2D eigenvalue weighted by atomic mass is 10.3. The Hall–Kier alpha value is -0.960. The molecule has 0 saturated carbocycles. The maximum atomic E-state index is 12.1. The van der Waals surface area contributed by atoms with Gasteiger partial charge in [0.1, 0.15) is 0 Å². The number of hydrogen-bond acceptors (Lipinski definition) is 4. The number of benzene rings is 1. The SMILES string of the molecule is O=C(CN(CCO)Cc1ccsc1)Nc1ccc(I)cc1. The van der Waals surface area contributed by atoms with E-state index < -0.39 is 0 Å². The van der Waals surface area contributed by atoms with Crippen LogP contribution in [0.3, 0.4) is 0 Å². The van der Waals surface area contributed by atoms with E-state index in [0.29, 0.717) is 13.1 Å². The minimum atomic E-state index is -0.0695. The van der Waals surface area contributed by atoms with Gasteiger partial charge in [-0.15, -0.1) is 0 Å². The van der Waals surface area contributed by atoms with E-state index in [1.54, 1.807) is 11.3 Å². The molecule has 4 nitrogen and oxygen atoms in total. The summed E-state index contributed by atoms with van der Waals surface area (Å²) in [6, 6.07) is 9.70. The van der Waals surface area contributed by atoms with Gasteiger partial charge in [-0.05, 0) is 69.2 Å². The van der Waals surface area contributed by atoms with Crippen LogP contribution in [-0.2, 0) is 11.3 Å². The smallest absolute Gasteiger partial charge is 0.238 e. The Morgan fingerprint density at radius 1 is 1.29 bits per heavy atom. The Kier molecular flexibility index (Phi) is 6.62. The standard InChI is InChI=1S/C15H17IN2O2S/c16-13-1-3-14(4-2-13)17-15(20)10-18(6-7-19)9-12-5-8-21-11-12/h1-5,8,11,19H,6-7,9-10H2,(H,17,20). The lowest BCUT2D eigenvalue weighted by molar-refractivity contribution is -0.117. The lowest BCUT2D eigenvalue weighted by Crippen LogP contribution is -2.34. The molecule has 2 aromatic rings. The number of carbonyl (C=O) groups excluding carboxylic acids is 1. The van der Waals surface area contributed by atoms with Gasteiger partial charge < -0.3 is 10.4 Å². The molecule has 0 aliphatic rings. The summed E-state index contributed by atoms with van der Waals surface area (Å²) in [4.78, 5) is 14.0. The van der Waals surface area contributed by atoms with Gasteiger partial charge in [0.15, 0.2) is 0 Å². The van der Waals surface area contributed by atoms with Crippen molar-refractivity contribution in [3.63, 3.8) is 0 Å². The highest BCUT2D eigenvalue weighted by Gasteiger charge is 2.11. The van der Waals surface area contributed by atoms with E-state index in [9.17, 15) is 4.79 Å². The summed E-state index contributed by atoms with van der Waals surface area (Å²) in [7, 11) is 0. The highest BCUT2D eigenvalue weighted by molar-refractivity contribution is 14.1. The third kappa shape index (κ3) is 5.74. The zero-order valence-electron chi connectivity index (χ0n) is 11.5. The molecule has 2 rings (SSSR count). The number of nitrogens with one attached hydrogen (secondary N) is 1. The van der Waals surface area contributed by atoms with Crippen molar-refractivity contribution in [2.45, 2.75) is 6.54 Å². The van der Waals surface area contributed by atoms with E-state index in [-0.39, 0.29) is 19.1 Å². The Balaban J connectivity index is 1.89. The van der Waals surface area contributed by atoms with Crippen LogP contribution < -0.4 is 5.32 Å². The topological polar surface area (TPSA) is 52.6 Å². The van der Waals surface area contributed by atoms with E-state index in [1.807, 2.05) is 40.6 Å². The molecule has 1 aromatic heterocycles. The molecular formula is C15H17IN2O2S. The molecular weight excluding hydrogens is 399 g/mol. The summed E-state index contributed by atoms with van der Waals surface area (Å²) in [6.45, 7) is 1.46. The maximum Gasteiger partial charge on any atom is 0.238 e. The van der Waals surface area contributed by atoms with Crippen molar-refractivity contribution in [1.82, 2.24) is 4.90 Å². The average molecular weight is 416 g/mol. The summed E-state index contributed by atoms with van der Waals surface area (Å²) in [5.74, 6) is -0.0695. The first-order chi connectivity index (χ1) is 10.2. The molecule has 0 saturated heterocycles. The highest BCUT2D eigenvalue weighted by Crippen LogP contribution is 2.12. The van der Waals surface area contributed by atoms with E-state index in [0.717, 1.165) is 14.8 Å². The van der Waals surface area contributed by atoms with E-state index in [2.05, 4.69) is 33.3 Å². The van der Waals surface area contributed by atoms with Gasteiger partial charge in [0.25, 0.3) is 0 Å². The van der Waals surface area contributed by atoms with Gasteiger partial charge in [-0.1, -0.05) is 0 Å². The number of hydrogen-bond donors (Lipinski definition) is 2. The van der Waals surface area contributed by atoms with Crippen molar-refractivity contribution in [2.75, 3.05) is 25.0 Å². The molecule has 1 heterocycles. The third-order valence-electron chi connectivity index (χ3n) is 2.90. The minimum absolute atomic E-state index is 0.0426. The monoisotopic (exact) mass is 416 g/mol. The van der Waals surface area contributed by atoms with Crippen LogP contribution >= 0.6 is 33.9 Å². The van der Waals surface area contributed by atoms with E-state index in [4.69, 9.17) is 5.11 Å². The fraction of sp³-hybridized carbons (Fsp3) is 0.267. The van der Waals surface area contributed by atoms with Crippen molar-refractivity contribution in [3.05, 3.63) is 50.2 Å². The number of aliphatic hydroxyl groups is 1. The van der Waals surface area contributed by atoms with Crippen LogP contribution in [0.5, 0.6) is 0 Å². The van der Waals surface area contributed by atoms with Crippen molar-refractivity contribution < 1.29 is 9.90 Å². The Morgan fingerprint density at radius 3 is 2.67 bits per heavy atom. The first-order valence-electron chi connectivity index (χ1n) is 6.57. The molecule has 0 aliphatic heterocycles. The fourth-order valence-electron chi connectivity index (χ4n) is 1.93. The van der Waals surface area contributed by atoms with Crippen LogP contribution in [0.2, 0.25) is 0 Å². The largest absolute Gasteiger partial charge is 0.395 e. The predicted molar refractivity (Wildman–Crippen MR) is 94.5 cm³/mol. The molecule has 1 aromatic carbocycles. The van der Waals surface area contributed by atoms with Crippen molar-refractivity contribution in [1.29, 1.82) is 0 Å². The molecule has 1 amide bonds. The molecule has 112 valence electrons. The lowest BCUT2D eigenvalue weighted by Gasteiger charge is -2.20. The Bertz CT molecular complexity index is 558. The maximum absolute atomic E-state index is 12.1. The number of carbonyl (C=O) groups is 1. The molecule has 0 radical (unpaired) electrons. The van der Waals surface area contributed by atoms with Gasteiger partial charge in [-0.2, -0.15) is 11.3 Å². The number of halogens is 1. The van der Waals surface area contributed by atoms with Crippen LogP contribution in [-0.4, -0.2) is 35.6 Å². The van der Waals surface area contributed by atoms with Gasteiger partial charge in [0.05, 0.1) is 13.2 Å². The second-order valence-electron chi connectivity index (χ2n) is 4.62. The molecule has 0 fully saturated rings. The average Bonchev–Trinajstić information content (AvgIpc) is 2.94. The van der Waals surface area contributed by atoms with Gasteiger partial charge in [0.2, 0.25) is 5.91 Å². The summed E-state index contributed by atoms with van der Waals surface area (Å²) in [5.41, 5.74) is 1.95. The quantitative estimate of drug-likeness (QED) is 0.683. The number of nitrogens with zero attached hydrogens (tertiary/aromatic N) is 1. The zero-order valence-corrected chi connectivity index (χ0v) is 14.4. The van der Waals surface area contributed by atoms with Gasteiger partial charge in [-0.25, -0.2) is 0 Å². The number of anilines is 1. The first-order valence-corrected chi connectivity index (χ1v) is 8.59. The van der Waals surface area contributed by atoms with Crippen molar-refractivity contribution >= 4 is 45.5 Å². The van der Waals surface area contributed by atoms with Crippen LogP contribution in [0.15, 0.2) is 41.1 Å². The second kappa shape index (κ2) is 8.47.